The Hall–Kier alpha value is -2.61. The van der Waals surface area contributed by atoms with Crippen molar-refractivity contribution in [3.05, 3.63) is 46.0 Å². The monoisotopic (exact) mass is 258 g/mol. The Labute approximate surface area is 111 Å². The highest BCUT2D eigenvalue weighted by atomic mass is 16.6. The lowest BCUT2D eigenvalue weighted by Crippen LogP contribution is -2.29. The van der Waals surface area contributed by atoms with Gasteiger partial charge in [0.05, 0.1) is 17.0 Å². The van der Waals surface area contributed by atoms with Crippen LogP contribution in [0.5, 0.6) is 0 Å². The molecule has 0 atom stereocenters. The lowest BCUT2D eigenvalue weighted by Gasteiger charge is -2.15. The molecule has 0 unspecified atom stereocenters. The van der Waals surface area contributed by atoms with Gasteiger partial charge in [0.1, 0.15) is 0 Å². The van der Waals surface area contributed by atoms with Crippen LogP contribution in [0, 0.1) is 22.5 Å². The summed E-state index contributed by atoms with van der Waals surface area (Å²) in [7, 11) is 0. The van der Waals surface area contributed by atoms with Gasteiger partial charge in [0.2, 0.25) is 5.91 Å². The number of nitro benzene ring substituents is 1. The summed E-state index contributed by atoms with van der Waals surface area (Å²) in [6, 6.07) is 6.23. The van der Waals surface area contributed by atoms with E-state index >= 15 is 0 Å². The zero-order valence-electron chi connectivity index (χ0n) is 10.6. The fraction of sp³-hybridized carbons (Fsp3) is 0.214. The molecule has 0 heterocycles. The molecule has 1 aromatic carbocycles. The normalized spacial score (nSPS) is 10.1. The number of nitrogens with zero attached hydrogens (tertiary/aromatic N) is 2. The molecule has 0 radical (unpaired) electrons. The van der Waals surface area contributed by atoms with Crippen LogP contribution in [0.25, 0.3) is 6.08 Å². The molecule has 5 nitrogen and oxygen atoms in total. The predicted octanol–water partition coefficient (Wildman–Crippen LogP) is 2.09. The Morgan fingerprint density at radius 3 is 2.79 bits per heavy atom. The first-order valence-corrected chi connectivity index (χ1v) is 5.74. The van der Waals surface area contributed by atoms with Crippen LogP contribution in [-0.2, 0) is 4.79 Å². The summed E-state index contributed by atoms with van der Waals surface area (Å²) in [5.41, 5.74) is 0.351. The van der Waals surface area contributed by atoms with Gasteiger partial charge in [-0.25, -0.2) is 0 Å². The van der Waals surface area contributed by atoms with Crippen LogP contribution in [0.15, 0.2) is 30.3 Å². The van der Waals surface area contributed by atoms with Gasteiger partial charge in [-0.3, -0.25) is 14.9 Å². The summed E-state index contributed by atoms with van der Waals surface area (Å²) >= 11 is 0. The number of benzene rings is 1. The van der Waals surface area contributed by atoms with Crippen LogP contribution in [0.1, 0.15) is 12.5 Å². The Morgan fingerprint density at radius 2 is 2.21 bits per heavy atom. The van der Waals surface area contributed by atoms with E-state index in [2.05, 4.69) is 5.92 Å². The standard InChI is InChI=1S/C14H14N2O3/c1-3-11-15(4-2)14(17)10-9-12-7-5-6-8-13(12)16(18)19/h1,5-10H,4,11H2,2H3/b10-9+. The van der Waals surface area contributed by atoms with Crippen molar-refractivity contribution < 1.29 is 9.72 Å². The molecule has 0 bridgehead atoms. The van der Waals surface area contributed by atoms with Gasteiger partial charge >= 0.3 is 0 Å². The van der Waals surface area contributed by atoms with Crippen LogP contribution < -0.4 is 0 Å². The average molecular weight is 258 g/mol. The predicted molar refractivity (Wildman–Crippen MR) is 73.2 cm³/mol. The quantitative estimate of drug-likeness (QED) is 0.351. The maximum absolute atomic E-state index is 11.8. The van der Waals surface area contributed by atoms with Gasteiger partial charge in [-0.1, -0.05) is 18.1 Å². The molecule has 5 heteroatoms. The molecule has 0 aromatic heterocycles. The average Bonchev–Trinajstić information content (AvgIpc) is 2.42. The molecule has 98 valence electrons. The molecule has 0 saturated heterocycles. The second kappa shape index (κ2) is 6.97. The molecule has 1 aromatic rings. The van der Waals surface area contributed by atoms with Crippen molar-refractivity contribution in [2.45, 2.75) is 6.92 Å². The minimum absolute atomic E-state index is 0.0356. The Bertz CT molecular complexity index is 544. The van der Waals surface area contributed by atoms with Crippen molar-refractivity contribution in [2.24, 2.45) is 0 Å². The summed E-state index contributed by atoms with van der Waals surface area (Å²) in [6.45, 7) is 2.52. The van der Waals surface area contributed by atoms with E-state index in [1.54, 1.807) is 18.2 Å². The first-order chi connectivity index (χ1) is 9.10. The highest BCUT2D eigenvalue weighted by Gasteiger charge is 2.11. The number of hydrogen-bond donors (Lipinski definition) is 0. The maximum Gasteiger partial charge on any atom is 0.276 e. The van der Waals surface area contributed by atoms with Crippen molar-refractivity contribution in [3.63, 3.8) is 0 Å². The maximum atomic E-state index is 11.8. The van der Waals surface area contributed by atoms with E-state index in [0.717, 1.165) is 0 Å². The number of carbonyl (C=O) groups is 1. The molecule has 0 spiro atoms. The number of terminal acetylenes is 1. The smallest absolute Gasteiger partial charge is 0.276 e. The van der Waals surface area contributed by atoms with E-state index in [9.17, 15) is 14.9 Å². The van der Waals surface area contributed by atoms with Gasteiger partial charge in [0.15, 0.2) is 0 Å². The molecule has 0 saturated carbocycles. The third-order valence-electron chi connectivity index (χ3n) is 2.51. The van der Waals surface area contributed by atoms with Crippen molar-refractivity contribution in [3.8, 4) is 12.3 Å². The Morgan fingerprint density at radius 1 is 1.53 bits per heavy atom. The largest absolute Gasteiger partial charge is 0.328 e. The topological polar surface area (TPSA) is 63.5 Å². The fourth-order valence-corrected chi connectivity index (χ4v) is 1.52. The first-order valence-electron chi connectivity index (χ1n) is 5.74. The van der Waals surface area contributed by atoms with Gasteiger partial charge in [0, 0.05) is 18.7 Å². The molecule has 0 fully saturated rings. The molecule has 1 rings (SSSR count). The molecule has 1 amide bonds. The molecule has 19 heavy (non-hydrogen) atoms. The molecule has 0 aliphatic rings. The molecular formula is C14H14N2O3. The number of nitro groups is 1. The number of amides is 1. The fourth-order valence-electron chi connectivity index (χ4n) is 1.52. The van der Waals surface area contributed by atoms with Crippen molar-refractivity contribution >= 4 is 17.7 Å². The number of likely N-dealkylation sites (N-methyl/N-ethyl adjacent to an activating group) is 1. The number of para-hydroxylation sites is 1. The summed E-state index contributed by atoms with van der Waals surface area (Å²) in [5, 5.41) is 10.8. The number of rotatable bonds is 5. The second-order valence-corrected chi connectivity index (χ2v) is 3.71. The molecule has 0 aliphatic carbocycles. The van der Waals surface area contributed by atoms with Gasteiger partial charge in [0.25, 0.3) is 5.69 Å². The summed E-state index contributed by atoms with van der Waals surface area (Å²) in [5.74, 6) is 2.13. The van der Waals surface area contributed by atoms with E-state index in [1.165, 1.54) is 23.1 Å². The van der Waals surface area contributed by atoms with Gasteiger partial charge in [-0.15, -0.1) is 6.42 Å². The minimum atomic E-state index is -0.483. The van der Waals surface area contributed by atoms with E-state index < -0.39 is 4.92 Å². The minimum Gasteiger partial charge on any atom is -0.328 e. The van der Waals surface area contributed by atoms with Crippen LogP contribution in [0.4, 0.5) is 5.69 Å². The number of hydrogen-bond acceptors (Lipinski definition) is 3. The van der Waals surface area contributed by atoms with Crippen molar-refractivity contribution in [2.75, 3.05) is 13.1 Å². The third kappa shape index (κ3) is 3.96. The SMILES string of the molecule is C#CCN(CC)C(=O)/C=C/c1ccccc1[N+](=O)[O-]. The summed E-state index contributed by atoms with van der Waals surface area (Å²) in [4.78, 5) is 23.6. The molecular weight excluding hydrogens is 244 g/mol. The van der Waals surface area contributed by atoms with Gasteiger partial charge < -0.3 is 4.90 Å². The lowest BCUT2D eigenvalue weighted by atomic mass is 10.1. The molecule has 0 aliphatic heterocycles. The zero-order chi connectivity index (χ0) is 14.3. The number of carbonyl (C=O) groups excluding carboxylic acids is 1. The Balaban J connectivity index is 2.90. The first kappa shape index (κ1) is 14.5. The van der Waals surface area contributed by atoms with Crippen molar-refractivity contribution in [1.29, 1.82) is 0 Å². The zero-order valence-corrected chi connectivity index (χ0v) is 10.6. The molecule has 0 N–H and O–H groups in total. The highest BCUT2D eigenvalue weighted by Crippen LogP contribution is 2.18. The van der Waals surface area contributed by atoms with Crippen molar-refractivity contribution in [1.82, 2.24) is 4.90 Å². The lowest BCUT2D eigenvalue weighted by molar-refractivity contribution is -0.385. The van der Waals surface area contributed by atoms with Crippen LogP contribution in [-0.4, -0.2) is 28.8 Å². The van der Waals surface area contributed by atoms with Gasteiger partial charge in [-0.2, -0.15) is 0 Å². The van der Waals surface area contributed by atoms with E-state index in [-0.39, 0.29) is 18.1 Å². The Kier molecular flexibility index (Phi) is 5.30. The van der Waals surface area contributed by atoms with Crippen LogP contribution >= 0.6 is 0 Å². The van der Waals surface area contributed by atoms with Crippen LogP contribution in [0.2, 0.25) is 0 Å². The summed E-state index contributed by atoms with van der Waals surface area (Å²) < 4.78 is 0. The van der Waals surface area contributed by atoms with Crippen LogP contribution in [0.3, 0.4) is 0 Å². The third-order valence-corrected chi connectivity index (χ3v) is 2.51. The summed E-state index contributed by atoms with van der Waals surface area (Å²) in [6.07, 6.45) is 7.88. The second-order valence-electron chi connectivity index (χ2n) is 3.71. The van der Waals surface area contributed by atoms with E-state index in [0.29, 0.717) is 12.1 Å². The highest BCUT2D eigenvalue weighted by molar-refractivity contribution is 5.92. The van der Waals surface area contributed by atoms with E-state index in [4.69, 9.17) is 6.42 Å². The van der Waals surface area contributed by atoms with E-state index in [1.807, 2.05) is 6.92 Å². The van der Waals surface area contributed by atoms with Gasteiger partial charge in [-0.05, 0) is 19.1 Å².